The first-order valence-corrected chi connectivity index (χ1v) is 14.7. The summed E-state index contributed by atoms with van der Waals surface area (Å²) in [6.45, 7) is 9.53. The molecule has 11 nitrogen and oxygen atoms in total. The molecule has 0 spiro atoms. The number of carbonyl (C=O) groups excluding carboxylic acids is 2. The number of rotatable bonds is 7. The molecule has 0 radical (unpaired) electrons. The largest absolute Gasteiger partial charge is 0.444 e. The molecule has 0 fully saturated rings. The first-order valence-electron chi connectivity index (χ1n) is 14.3. The number of alkyl halides is 3. The number of hydrogen-bond donors (Lipinski definition) is 0. The van der Waals surface area contributed by atoms with Crippen LogP contribution in [0.1, 0.15) is 64.0 Å². The Hall–Kier alpha value is -4.33. The van der Waals surface area contributed by atoms with Gasteiger partial charge in [-0.3, -0.25) is 14.4 Å². The number of anilines is 1. The van der Waals surface area contributed by atoms with E-state index in [9.17, 15) is 22.8 Å². The molecule has 0 saturated carbocycles. The smallest absolute Gasteiger partial charge is 0.435 e. The number of hydrogen-bond acceptors (Lipinski definition) is 6. The maximum absolute atomic E-state index is 13.6. The van der Waals surface area contributed by atoms with Gasteiger partial charge in [0, 0.05) is 25.6 Å². The van der Waals surface area contributed by atoms with E-state index in [1.165, 1.54) is 11.9 Å². The van der Waals surface area contributed by atoms with Crippen LogP contribution in [0.25, 0.3) is 17.1 Å². The molecule has 0 bridgehead atoms. The van der Waals surface area contributed by atoms with Crippen molar-refractivity contribution in [2.45, 2.75) is 78.5 Å². The molecule has 2 amide bonds. The van der Waals surface area contributed by atoms with Crippen LogP contribution in [0.15, 0.2) is 42.6 Å². The molecule has 3 aromatic heterocycles. The fourth-order valence-corrected chi connectivity index (χ4v) is 5.20. The number of carbonyl (C=O) groups is 2. The highest BCUT2D eigenvalue weighted by Crippen LogP contribution is 2.34. The third-order valence-corrected chi connectivity index (χ3v) is 7.33. The Morgan fingerprint density at radius 1 is 1.11 bits per heavy atom. The van der Waals surface area contributed by atoms with Crippen molar-refractivity contribution in [3.63, 3.8) is 0 Å². The molecule has 15 heteroatoms. The fourth-order valence-electron chi connectivity index (χ4n) is 4.98. The van der Waals surface area contributed by atoms with E-state index in [0.29, 0.717) is 34.5 Å². The standard InChI is InChI=1S/C30H34ClF3N8O3/c1-18(2)41-27(22(31)15-35-41)23-14-25-39(26(43)11-12-40(25)36-23)16-19-7-9-20(10-8-19)42-21(13-24(37-42)30(32,33)34)17-38(6)28(44)45-29(3,4)5/h7-10,13-15,18H,11-12,16-17H2,1-6H3. The van der Waals surface area contributed by atoms with Gasteiger partial charge in [0.05, 0.1) is 42.2 Å². The lowest BCUT2D eigenvalue weighted by atomic mass is 10.1. The lowest BCUT2D eigenvalue weighted by molar-refractivity contribution is -0.141. The first kappa shape index (κ1) is 32.1. The normalized spacial score (nSPS) is 13.8. The number of halogens is 4. The Balaban J connectivity index is 1.40. The number of nitrogens with zero attached hydrogens (tertiary/aromatic N) is 8. The molecule has 4 aromatic rings. The molecule has 1 aromatic carbocycles. The highest BCUT2D eigenvalue weighted by atomic mass is 35.5. The highest BCUT2D eigenvalue weighted by Gasteiger charge is 2.36. The maximum atomic E-state index is 13.6. The average molecular weight is 647 g/mol. The maximum Gasteiger partial charge on any atom is 0.435 e. The molecule has 0 aliphatic carbocycles. The van der Waals surface area contributed by atoms with Crippen LogP contribution in [0.3, 0.4) is 0 Å². The van der Waals surface area contributed by atoms with Crippen LogP contribution < -0.4 is 4.90 Å². The molecule has 1 aliphatic heterocycles. The minimum atomic E-state index is -4.68. The van der Waals surface area contributed by atoms with Crippen molar-refractivity contribution in [2.75, 3.05) is 11.9 Å². The van der Waals surface area contributed by atoms with Crippen LogP contribution >= 0.6 is 11.6 Å². The van der Waals surface area contributed by atoms with E-state index in [2.05, 4.69) is 10.2 Å². The Morgan fingerprint density at radius 3 is 2.42 bits per heavy atom. The summed E-state index contributed by atoms with van der Waals surface area (Å²) in [5.41, 5.74) is 0.651. The highest BCUT2D eigenvalue weighted by molar-refractivity contribution is 6.33. The monoisotopic (exact) mass is 646 g/mol. The molecule has 0 unspecified atom stereocenters. The van der Waals surface area contributed by atoms with E-state index in [1.807, 2.05) is 19.9 Å². The van der Waals surface area contributed by atoms with E-state index in [-0.39, 0.29) is 37.2 Å². The molecule has 0 atom stereocenters. The van der Waals surface area contributed by atoms with Gasteiger partial charge in [0.25, 0.3) is 0 Å². The van der Waals surface area contributed by atoms with Crippen molar-refractivity contribution in [3.8, 4) is 17.1 Å². The van der Waals surface area contributed by atoms with Crippen LogP contribution in [0, 0.1) is 0 Å². The summed E-state index contributed by atoms with van der Waals surface area (Å²) in [7, 11) is 1.44. The van der Waals surface area contributed by atoms with Crippen molar-refractivity contribution in [1.29, 1.82) is 0 Å². The van der Waals surface area contributed by atoms with Gasteiger partial charge in [0.15, 0.2) is 5.69 Å². The van der Waals surface area contributed by atoms with Gasteiger partial charge in [-0.2, -0.15) is 28.5 Å². The summed E-state index contributed by atoms with van der Waals surface area (Å²) in [6, 6.07) is 9.46. The van der Waals surface area contributed by atoms with Crippen molar-refractivity contribution in [2.24, 2.45) is 0 Å². The molecular weight excluding hydrogens is 613 g/mol. The summed E-state index contributed by atoms with van der Waals surface area (Å²) < 4.78 is 50.9. The SMILES string of the molecule is CC(C)n1ncc(Cl)c1-c1cc2n(n1)CCC(=O)N2Cc1ccc(-n2nc(C(F)(F)F)cc2CN(C)C(=O)OC(C)(C)C)cc1. The van der Waals surface area contributed by atoms with Gasteiger partial charge in [-0.1, -0.05) is 23.7 Å². The van der Waals surface area contributed by atoms with Gasteiger partial charge in [-0.25, -0.2) is 14.2 Å². The topological polar surface area (TPSA) is 103 Å². The van der Waals surface area contributed by atoms with Crippen molar-refractivity contribution in [1.82, 2.24) is 34.2 Å². The second-order valence-corrected chi connectivity index (χ2v) is 12.6. The van der Waals surface area contributed by atoms with Gasteiger partial charge in [-0.05, 0) is 58.4 Å². The van der Waals surface area contributed by atoms with Crippen LogP contribution in [-0.4, -0.2) is 58.9 Å². The Labute approximate surface area is 263 Å². The predicted molar refractivity (Wildman–Crippen MR) is 161 cm³/mol. The lowest BCUT2D eigenvalue weighted by Crippen LogP contribution is -2.36. The summed E-state index contributed by atoms with van der Waals surface area (Å²) in [5, 5.41) is 13.3. The van der Waals surface area contributed by atoms with Crippen molar-refractivity contribution < 1.29 is 27.5 Å². The van der Waals surface area contributed by atoms with Gasteiger partial charge in [0.1, 0.15) is 22.8 Å². The Bertz CT molecular complexity index is 1720. The van der Waals surface area contributed by atoms with E-state index in [4.69, 9.17) is 21.4 Å². The summed E-state index contributed by atoms with van der Waals surface area (Å²) in [5.74, 6) is 0.517. The van der Waals surface area contributed by atoms with E-state index >= 15 is 0 Å². The lowest BCUT2D eigenvalue weighted by Gasteiger charge is -2.27. The number of fused-ring (bicyclic) bond motifs is 1. The minimum absolute atomic E-state index is 0.0442. The van der Waals surface area contributed by atoms with Crippen molar-refractivity contribution in [3.05, 3.63) is 64.6 Å². The van der Waals surface area contributed by atoms with E-state index in [1.54, 1.807) is 65.5 Å². The molecule has 0 saturated heterocycles. The van der Waals surface area contributed by atoms with E-state index < -0.39 is 23.6 Å². The van der Waals surface area contributed by atoms with Crippen LogP contribution in [-0.2, 0) is 35.3 Å². The molecule has 0 N–H and O–H groups in total. The number of amides is 2. The zero-order valence-electron chi connectivity index (χ0n) is 25.8. The Kier molecular flexibility index (Phi) is 8.47. The third-order valence-electron chi connectivity index (χ3n) is 7.06. The zero-order chi connectivity index (χ0) is 32.8. The number of ether oxygens (including phenoxy) is 1. The van der Waals surface area contributed by atoms with Crippen molar-refractivity contribution >= 4 is 29.4 Å². The van der Waals surface area contributed by atoms with Crippen LogP contribution in [0.2, 0.25) is 5.02 Å². The van der Waals surface area contributed by atoms with Gasteiger partial charge in [-0.15, -0.1) is 0 Å². The predicted octanol–water partition coefficient (Wildman–Crippen LogP) is 6.49. The van der Waals surface area contributed by atoms with Crippen LogP contribution in [0.4, 0.5) is 23.8 Å². The molecule has 45 heavy (non-hydrogen) atoms. The molecular formula is C30H34ClF3N8O3. The number of aryl methyl sites for hydroxylation is 1. The zero-order valence-corrected chi connectivity index (χ0v) is 26.5. The molecule has 240 valence electrons. The quantitative estimate of drug-likeness (QED) is 0.227. The first-order chi connectivity index (χ1) is 21.0. The second-order valence-electron chi connectivity index (χ2n) is 12.2. The second kappa shape index (κ2) is 11.9. The number of benzene rings is 1. The van der Waals surface area contributed by atoms with Gasteiger partial charge < -0.3 is 9.64 Å². The van der Waals surface area contributed by atoms with E-state index in [0.717, 1.165) is 16.3 Å². The summed E-state index contributed by atoms with van der Waals surface area (Å²) in [6.07, 6.45) is -3.54. The molecule has 4 heterocycles. The third kappa shape index (κ3) is 6.85. The number of aromatic nitrogens is 6. The molecule has 1 aliphatic rings. The average Bonchev–Trinajstić information content (AvgIpc) is 3.66. The molecule has 5 rings (SSSR count). The summed E-state index contributed by atoms with van der Waals surface area (Å²) in [4.78, 5) is 28.4. The van der Waals surface area contributed by atoms with Gasteiger partial charge >= 0.3 is 12.3 Å². The van der Waals surface area contributed by atoms with Gasteiger partial charge in [0.2, 0.25) is 5.91 Å². The fraction of sp³-hybridized carbons (Fsp3) is 0.433. The summed E-state index contributed by atoms with van der Waals surface area (Å²) >= 11 is 6.45. The van der Waals surface area contributed by atoms with Crippen LogP contribution in [0.5, 0.6) is 0 Å². The Morgan fingerprint density at radius 2 is 1.80 bits per heavy atom. The minimum Gasteiger partial charge on any atom is -0.444 e.